The highest BCUT2D eigenvalue weighted by molar-refractivity contribution is 7.99. The summed E-state index contributed by atoms with van der Waals surface area (Å²) in [7, 11) is 0. The van der Waals surface area contributed by atoms with Crippen LogP contribution in [0.3, 0.4) is 0 Å². The maximum Gasteiger partial charge on any atom is 0.275 e. The predicted molar refractivity (Wildman–Crippen MR) is 93.9 cm³/mol. The number of thioether (sulfide) groups is 1. The molecular weight excluding hydrogens is 324 g/mol. The zero-order valence-corrected chi connectivity index (χ0v) is 14.3. The Labute approximate surface area is 144 Å². The molecule has 124 valence electrons. The minimum atomic E-state index is -0.510. The number of nitrogens with one attached hydrogen (secondary N) is 1. The van der Waals surface area contributed by atoms with E-state index < -0.39 is 6.04 Å². The molecule has 6 nitrogen and oxygen atoms in total. The van der Waals surface area contributed by atoms with Crippen LogP contribution in [0.4, 0.5) is 5.69 Å². The predicted octanol–water partition coefficient (Wildman–Crippen LogP) is 2.25. The molecule has 1 atom stereocenters. The molecule has 0 radical (unpaired) electrons. The van der Waals surface area contributed by atoms with Crippen molar-refractivity contribution in [1.29, 1.82) is 0 Å². The third-order valence-corrected chi connectivity index (χ3v) is 5.10. The Bertz CT molecular complexity index is 766. The molecule has 0 unspecified atom stereocenters. The first-order valence-corrected chi connectivity index (χ1v) is 8.75. The van der Waals surface area contributed by atoms with E-state index in [0.29, 0.717) is 11.6 Å². The summed E-state index contributed by atoms with van der Waals surface area (Å²) in [6.07, 6.45) is 4.41. The van der Waals surface area contributed by atoms with E-state index in [1.54, 1.807) is 16.7 Å². The lowest BCUT2D eigenvalue weighted by Gasteiger charge is -2.23. The van der Waals surface area contributed by atoms with Crippen molar-refractivity contribution in [2.24, 2.45) is 0 Å². The summed E-state index contributed by atoms with van der Waals surface area (Å²) in [6.45, 7) is 3.97. The fraction of sp³-hybridized carbons (Fsp3) is 0.294. The highest BCUT2D eigenvalue weighted by Gasteiger charge is 2.35. The quantitative estimate of drug-likeness (QED) is 0.926. The monoisotopic (exact) mass is 342 g/mol. The Balaban J connectivity index is 1.76. The molecule has 24 heavy (non-hydrogen) atoms. The van der Waals surface area contributed by atoms with Gasteiger partial charge in [0.05, 0.1) is 12.1 Å². The normalized spacial score (nSPS) is 16.9. The van der Waals surface area contributed by atoms with Gasteiger partial charge in [-0.25, -0.2) is 4.98 Å². The maximum atomic E-state index is 12.7. The minimum Gasteiger partial charge on any atom is -0.324 e. The molecule has 1 fully saturated rings. The van der Waals surface area contributed by atoms with Gasteiger partial charge in [-0.15, -0.1) is 11.8 Å². The van der Waals surface area contributed by atoms with Crippen molar-refractivity contribution in [2.45, 2.75) is 19.9 Å². The highest BCUT2D eigenvalue weighted by Crippen LogP contribution is 2.25. The first-order chi connectivity index (χ1) is 11.6. The van der Waals surface area contributed by atoms with Crippen LogP contribution in [0.2, 0.25) is 0 Å². The molecule has 0 aliphatic carbocycles. The Morgan fingerprint density at radius 1 is 1.29 bits per heavy atom. The van der Waals surface area contributed by atoms with Gasteiger partial charge < -0.3 is 10.2 Å². The summed E-state index contributed by atoms with van der Waals surface area (Å²) < 4.78 is 0. The number of aryl methyl sites for hydroxylation is 1. The number of aromatic nitrogens is 2. The molecule has 0 saturated carbocycles. The largest absolute Gasteiger partial charge is 0.324 e. The lowest BCUT2D eigenvalue weighted by Crippen LogP contribution is -2.44. The van der Waals surface area contributed by atoms with Gasteiger partial charge in [-0.2, -0.15) is 0 Å². The number of hydrogen-bond donors (Lipinski definition) is 1. The van der Waals surface area contributed by atoms with Crippen LogP contribution in [-0.4, -0.2) is 44.4 Å². The van der Waals surface area contributed by atoms with Crippen molar-refractivity contribution in [2.75, 3.05) is 16.9 Å². The molecule has 0 bridgehead atoms. The number of benzene rings is 1. The summed E-state index contributed by atoms with van der Waals surface area (Å²) in [5.41, 5.74) is 3.18. The van der Waals surface area contributed by atoms with E-state index in [0.717, 1.165) is 16.8 Å². The number of anilines is 1. The van der Waals surface area contributed by atoms with Crippen LogP contribution in [0.25, 0.3) is 0 Å². The first kappa shape index (κ1) is 16.4. The molecule has 0 spiro atoms. The molecule has 3 rings (SSSR count). The number of carbonyl (C=O) groups is 2. The molecule has 2 amide bonds. The second kappa shape index (κ2) is 7.00. The SMILES string of the molecule is Cc1cccc(NC(=O)[C@H]2CSCN2C(=O)c2cnccn2)c1C. The Morgan fingerprint density at radius 2 is 2.12 bits per heavy atom. The average molecular weight is 342 g/mol. The van der Waals surface area contributed by atoms with E-state index >= 15 is 0 Å². The third kappa shape index (κ3) is 3.26. The van der Waals surface area contributed by atoms with Gasteiger partial charge in [0.15, 0.2) is 0 Å². The topological polar surface area (TPSA) is 75.2 Å². The lowest BCUT2D eigenvalue weighted by molar-refractivity contribution is -0.119. The minimum absolute atomic E-state index is 0.175. The van der Waals surface area contributed by atoms with Gasteiger partial charge in [-0.3, -0.25) is 14.6 Å². The highest BCUT2D eigenvalue weighted by atomic mass is 32.2. The van der Waals surface area contributed by atoms with E-state index in [-0.39, 0.29) is 17.5 Å². The third-order valence-electron chi connectivity index (χ3n) is 4.09. The van der Waals surface area contributed by atoms with Crippen LogP contribution in [0.1, 0.15) is 21.6 Å². The van der Waals surface area contributed by atoms with E-state index in [1.165, 1.54) is 18.6 Å². The van der Waals surface area contributed by atoms with Gasteiger partial charge in [0.2, 0.25) is 5.91 Å². The smallest absolute Gasteiger partial charge is 0.275 e. The molecule has 1 N–H and O–H groups in total. The van der Waals surface area contributed by atoms with Gasteiger partial charge in [0.25, 0.3) is 5.91 Å². The first-order valence-electron chi connectivity index (χ1n) is 7.59. The summed E-state index contributed by atoms with van der Waals surface area (Å²) in [5, 5.41) is 2.95. The fourth-order valence-corrected chi connectivity index (χ4v) is 3.67. The zero-order valence-electron chi connectivity index (χ0n) is 13.5. The van der Waals surface area contributed by atoms with Gasteiger partial charge in [-0.1, -0.05) is 12.1 Å². The van der Waals surface area contributed by atoms with Gasteiger partial charge in [0.1, 0.15) is 11.7 Å². The molecule has 1 aliphatic heterocycles. The lowest BCUT2D eigenvalue weighted by atomic mass is 10.1. The van der Waals surface area contributed by atoms with Crippen molar-refractivity contribution in [3.63, 3.8) is 0 Å². The summed E-state index contributed by atoms with van der Waals surface area (Å²) >= 11 is 1.56. The van der Waals surface area contributed by atoms with Crippen LogP contribution >= 0.6 is 11.8 Å². The van der Waals surface area contributed by atoms with Gasteiger partial charge in [-0.05, 0) is 31.0 Å². The fourth-order valence-electron chi connectivity index (χ4n) is 2.52. The van der Waals surface area contributed by atoms with Crippen molar-refractivity contribution >= 4 is 29.3 Å². The second-order valence-electron chi connectivity index (χ2n) is 5.62. The molecule has 1 aliphatic rings. The van der Waals surface area contributed by atoms with Crippen molar-refractivity contribution in [3.8, 4) is 0 Å². The van der Waals surface area contributed by atoms with Crippen molar-refractivity contribution < 1.29 is 9.59 Å². The number of rotatable bonds is 3. The Morgan fingerprint density at radius 3 is 2.88 bits per heavy atom. The van der Waals surface area contributed by atoms with Crippen LogP contribution in [0.15, 0.2) is 36.8 Å². The van der Waals surface area contributed by atoms with Crippen LogP contribution in [0, 0.1) is 13.8 Å². The summed E-state index contributed by atoms with van der Waals surface area (Å²) in [6, 6.07) is 5.27. The summed E-state index contributed by atoms with van der Waals surface area (Å²) in [4.78, 5) is 34.7. The molecule has 7 heteroatoms. The number of hydrogen-bond acceptors (Lipinski definition) is 5. The van der Waals surface area contributed by atoms with E-state index in [4.69, 9.17) is 0 Å². The average Bonchev–Trinajstić information content (AvgIpc) is 3.09. The van der Waals surface area contributed by atoms with Gasteiger partial charge in [0, 0.05) is 23.8 Å². The standard InChI is InChI=1S/C17H18N4O2S/c1-11-4-3-5-13(12(11)2)20-16(22)15-9-24-10-21(15)17(23)14-8-18-6-7-19-14/h3-8,15H,9-10H2,1-2H3,(H,20,22)/t15-/m1/s1. The Hall–Kier alpha value is -2.41. The van der Waals surface area contributed by atoms with E-state index in [2.05, 4.69) is 15.3 Å². The zero-order chi connectivity index (χ0) is 17.1. The second-order valence-corrected chi connectivity index (χ2v) is 6.62. The molecule has 1 aromatic carbocycles. The number of carbonyl (C=O) groups excluding carboxylic acids is 2. The molecule has 1 aromatic heterocycles. The van der Waals surface area contributed by atoms with E-state index in [1.807, 2.05) is 32.0 Å². The Kier molecular flexibility index (Phi) is 4.80. The van der Waals surface area contributed by atoms with Crippen LogP contribution in [0.5, 0.6) is 0 Å². The van der Waals surface area contributed by atoms with E-state index in [9.17, 15) is 9.59 Å². The summed E-state index contributed by atoms with van der Waals surface area (Å²) in [5.74, 6) is 0.600. The van der Waals surface area contributed by atoms with Crippen LogP contribution in [-0.2, 0) is 4.79 Å². The van der Waals surface area contributed by atoms with Crippen molar-refractivity contribution in [1.82, 2.24) is 14.9 Å². The molecule has 2 aromatic rings. The maximum absolute atomic E-state index is 12.7. The number of nitrogens with zero attached hydrogens (tertiary/aromatic N) is 3. The van der Waals surface area contributed by atoms with Crippen molar-refractivity contribution in [3.05, 3.63) is 53.6 Å². The molecule has 1 saturated heterocycles. The van der Waals surface area contributed by atoms with Gasteiger partial charge >= 0.3 is 0 Å². The van der Waals surface area contributed by atoms with Crippen LogP contribution < -0.4 is 5.32 Å². The number of amides is 2. The molecular formula is C17H18N4O2S. The molecule has 2 heterocycles.